The van der Waals surface area contributed by atoms with Gasteiger partial charge in [-0.25, -0.2) is 27.7 Å². The molecule has 2 aromatic carbocycles. The maximum Gasteiger partial charge on any atom is 0.472 e. The number of hydrogen-bond donors (Lipinski definition) is 4. The molecule has 0 saturated carbocycles. The minimum absolute atomic E-state index is 0.0218. The Labute approximate surface area is 280 Å². The van der Waals surface area contributed by atoms with Gasteiger partial charge < -0.3 is 24.6 Å². The third-order valence-electron chi connectivity index (χ3n) is 8.52. The highest BCUT2D eigenvalue weighted by Crippen LogP contribution is 2.40. The van der Waals surface area contributed by atoms with Gasteiger partial charge in [-0.1, -0.05) is 18.4 Å². The van der Waals surface area contributed by atoms with Gasteiger partial charge in [0.05, 0.1) is 17.6 Å². The second-order valence-electron chi connectivity index (χ2n) is 12.0. The predicted octanol–water partition coefficient (Wildman–Crippen LogP) is 5.15. The van der Waals surface area contributed by atoms with E-state index in [0.717, 1.165) is 38.2 Å². The van der Waals surface area contributed by atoms with Crippen molar-refractivity contribution in [2.24, 2.45) is 5.92 Å². The molecule has 6 rings (SSSR count). The van der Waals surface area contributed by atoms with Crippen molar-refractivity contribution >= 4 is 35.3 Å². The second kappa shape index (κ2) is 15.2. The van der Waals surface area contributed by atoms with Crippen LogP contribution in [0, 0.1) is 29.9 Å². The Morgan fingerprint density at radius 2 is 1.96 bits per heavy atom. The van der Waals surface area contributed by atoms with Crippen molar-refractivity contribution in [1.29, 1.82) is 0 Å². The van der Waals surface area contributed by atoms with Gasteiger partial charge in [0.1, 0.15) is 28.9 Å². The molecule has 4 heterocycles. The number of hydrogen-bond acceptors (Lipinski definition) is 10. The molecule has 2 aliphatic heterocycles. The lowest BCUT2D eigenvalue weighted by molar-refractivity contribution is 0.0830. The van der Waals surface area contributed by atoms with Gasteiger partial charge in [-0.05, 0) is 68.2 Å². The lowest BCUT2D eigenvalue weighted by Crippen LogP contribution is -2.38. The van der Waals surface area contributed by atoms with Gasteiger partial charge in [-0.15, -0.1) is 6.42 Å². The molecule has 2 saturated heterocycles. The molecule has 2 fully saturated rings. The number of nitrogens with one attached hydrogen (secondary N) is 2. The van der Waals surface area contributed by atoms with Gasteiger partial charge in [0.25, 0.3) is 0 Å². The van der Waals surface area contributed by atoms with Crippen molar-refractivity contribution < 1.29 is 41.5 Å². The van der Waals surface area contributed by atoms with Crippen LogP contribution in [0.1, 0.15) is 44.1 Å². The number of halogens is 3. The number of nitrogens with zero attached hydrogens (tertiary/aromatic N) is 4. The van der Waals surface area contributed by atoms with E-state index in [1.54, 1.807) is 0 Å². The minimum atomic E-state index is -4.85. The summed E-state index contributed by atoms with van der Waals surface area (Å²) in [5, 5.41) is 5.71. The molecule has 0 radical (unpaired) electrons. The van der Waals surface area contributed by atoms with Crippen molar-refractivity contribution in [2.75, 3.05) is 44.6 Å². The lowest BCUT2D eigenvalue weighted by Gasteiger charge is -2.25. The van der Waals surface area contributed by atoms with Crippen molar-refractivity contribution in [3.63, 3.8) is 0 Å². The standard InChI is InChI=1S/C33H36F3N6O6P/c1-2-24-27(35)9-8-21-14-23(47-19-48-49(43,44)45)15-25(28(21)24)30-29(36)31-26(17-38-30)32(42-12-5-3-4-11-39-42)41-33(40-31)46-18-20-7-6-10-37-16-22(34)13-20/h1,8-9,14-15,17,20,22,37,39H,3-7,10-13,16,18-19H2,(H2,43,44,45)/t20-,22-/m1/s1. The molecule has 2 aliphatic rings. The maximum atomic E-state index is 16.9. The summed E-state index contributed by atoms with van der Waals surface area (Å²) in [6.07, 6.45) is 10.8. The zero-order valence-corrected chi connectivity index (χ0v) is 27.4. The average Bonchev–Trinajstić information content (AvgIpc) is 3.35. The molecule has 0 bridgehead atoms. The number of ether oxygens (including phenoxy) is 2. The summed E-state index contributed by atoms with van der Waals surface area (Å²) in [7, 11) is -4.85. The number of hydrazine groups is 1. The maximum absolute atomic E-state index is 16.9. The van der Waals surface area contributed by atoms with E-state index in [1.165, 1.54) is 24.4 Å². The second-order valence-corrected chi connectivity index (χ2v) is 13.2. The Bertz CT molecular complexity index is 1920. The predicted molar refractivity (Wildman–Crippen MR) is 177 cm³/mol. The fourth-order valence-corrected chi connectivity index (χ4v) is 6.38. The fraction of sp³-hybridized carbons (Fsp3) is 0.424. The fourth-order valence-electron chi connectivity index (χ4n) is 6.19. The number of fused-ring (bicyclic) bond motifs is 2. The average molecular weight is 701 g/mol. The molecule has 2 atom stereocenters. The summed E-state index contributed by atoms with van der Waals surface area (Å²) < 4.78 is 73.4. The highest BCUT2D eigenvalue weighted by Gasteiger charge is 2.26. The van der Waals surface area contributed by atoms with Crippen molar-refractivity contribution in [3.05, 3.63) is 47.7 Å². The van der Waals surface area contributed by atoms with E-state index >= 15 is 4.39 Å². The molecular formula is C33H36F3N6O6P. The van der Waals surface area contributed by atoms with E-state index in [4.69, 9.17) is 25.7 Å². The Morgan fingerprint density at radius 1 is 1.10 bits per heavy atom. The van der Waals surface area contributed by atoms with Crippen LogP contribution in [0.3, 0.4) is 0 Å². The molecular weight excluding hydrogens is 664 g/mol. The summed E-state index contributed by atoms with van der Waals surface area (Å²) in [6, 6.07) is 5.25. The molecule has 0 spiro atoms. The molecule has 16 heteroatoms. The summed E-state index contributed by atoms with van der Waals surface area (Å²) in [5.74, 6) is 1.03. The van der Waals surface area contributed by atoms with Gasteiger partial charge in [0, 0.05) is 36.8 Å². The number of alkyl halides is 1. The van der Waals surface area contributed by atoms with Gasteiger partial charge >= 0.3 is 13.8 Å². The van der Waals surface area contributed by atoms with E-state index in [9.17, 15) is 13.3 Å². The van der Waals surface area contributed by atoms with Crippen LogP contribution in [-0.4, -0.2) is 70.5 Å². The van der Waals surface area contributed by atoms with E-state index in [1.807, 2.05) is 5.01 Å². The van der Waals surface area contributed by atoms with Crippen LogP contribution in [0.25, 0.3) is 32.9 Å². The first-order valence-electron chi connectivity index (χ1n) is 16.0. The summed E-state index contributed by atoms with van der Waals surface area (Å²) in [4.78, 5) is 31.7. The van der Waals surface area contributed by atoms with Gasteiger partial charge in [0.15, 0.2) is 18.4 Å². The topological polar surface area (TPSA) is 151 Å². The Morgan fingerprint density at radius 3 is 2.78 bits per heavy atom. The van der Waals surface area contributed by atoms with Crippen LogP contribution in [0.2, 0.25) is 0 Å². The van der Waals surface area contributed by atoms with Crippen molar-refractivity contribution in [3.8, 4) is 35.4 Å². The quantitative estimate of drug-likeness (QED) is 0.104. The number of phosphoric ester groups is 1. The number of terminal acetylenes is 1. The number of benzene rings is 2. The number of phosphoric acid groups is 1. The lowest BCUT2D eigenvalue weighted by atomic mass is 9.95. The molecule has 0 aliphatic carbocycles. The third-order valence-corrected chi connectivity index (χ3v) is 8.96. The van der Waals surface area contributed by atoms with Gasteiger partial charge in [-0.2, -0.15) is 9.97 Å². The first-order chi connectivity index (χ1) is 23.6. The number of anilines is 1. The van der Waals surface area contributed by atoms with Crippen LogP contribution in [0.5, 0.6) is 11.8 Å². The van der Waals surface area contributed by atoms with Crippen molar-refractivity contribution in [2.45, 2.75) is 44.7 Å². The Balaban J connectivity index is 1.47. The highest BCUT2D eigenvalue weighted by atomic mass is 31.2. The van der Waals surface area contributed by atoms with E-state index in [-0.39, 0.29) is 58.6 Å². The summed E-state index contributed by atoms with van der Waals surface area (Å²) in [6.45, 7) is 1.56. The first kappa shape index (κ1) is 34.8. The molecule has 2 aromatic heterocycles. The van der Waals surface area contributed by atoms with E-state index in [0.29, 0.717) is 42.6 Å². The molecule has 4 aromatic rings. The number of pyridine rings is 1. The van der Waals surface area contributed by atoms with Crippen LogP contribution in [0.4, 0.5) is 19.0 Å². The molecule has 0 unspecified atom stereocenters. The van der Waals surface area contributed by atoms with Gasteiger partial charge in [0.2, 0.25) is 0 Å². The van der Waals surface area contributed by atoms with Crippen molar-refractivity contribution in [1.82, 2.24) is 25.7 Å². The first-order valence-corrected chi connectivity index (χ1v) is 17.6. The number of rotatable bonds is 9. The third kappa shape index (κ3) is 8.24. The SMILES string of the molecule is C#Cc1c(F)ccc2cc(OCOP(=O)(O)O)cc(-c3ncc4c(N5CCCCCN5)nc(OC[C@@H]5CCCNC[C@H](F)C5)nc4c3F)c12. The molecule has 12 nitrogen and oxygen atoms in total. The number of aromatic nitrogens is 3. The zero-order chi connectivity index (χ0) is 34.5. The van der Waals surface area contributed by atoms with E-state index in [2.05, 4.69) is 36.1 Å². The molecule has 260 valence electrons. The van der Waals surface area contributed by atoms with Gasteiger partial charge in [-0.3, -0.25) is 9.99 Å². The minimum Gasteiger partial charge on any atom is -0.467 e. The van der Waals surface area contributed by atoms with Crippen LogP contribution in [-0.2, 0) is 9.09 Å². The molecule has 0 amide bonds. The Hall–Kier alpha value is -4.03. The summed E-state index contributed by atoms with van der Waals surface area (Å²) in [5.41, 5.74) is 2.86. The van der Waals surface area contributed by atoms with Crippen LogP contribution >= 0.6 is 7.82 Å². The molecule has 4 N–H and O–H groups in total. The zero-order valence-electron chi connectivity index (χ0n) is 26.5. The molecule has 49 heavy (non-hydrogen) atoms. The Kier molecular flexibility index (Phi) is 10.8. The smallest absolute Gasteiger partial charge is 0.467 e. The van der Waals surface area contributed by atoms with E-state index < -0.39 is 32.4 Å². The summed E-state index contributed by atoms with van der Waals surface area (Å²) >= 11 is 0. The van der Waals surface area contributed by atoms with Crippen LogP contribution < -0.4 is 25.2 Å². The normalized spacial score (nSPS) is 19.2. The van der Waals surface area contributed by atoms with Crippen LogP contribution in [0.15, 0.2) is 30.5 Å². The largest absolute Gasteiger partial charge is 0.472 e. The monoisotopic (exact) mass is 700 g/mol. The highest BCUT2D eigenvalue weighted by molar-refractivity contribution is 7.46.